The first-order chi connectivity index (χ1) is 16.1. The van der Waals surface area contributed by atoms with Crippen LogP contribution in [-0.4, -0.2) is 31.2 Å². The highest BCUT2D eigenvalue weighted by atomic mass is 19.3. The van der Waals surface area contributed by atoms with Gasteiger partial charge in [0.15, 0.2) is 0 Å². The smallest absolute Gasteiger partial charge is 0.387 e. The summed E-state index contributed by atoms with van der Waals surface area (Å²) in [6.45, 7) is 0.226. The molecule has 0 amide bonds. The minimum Gasteiger partial charge on any atom is -0.435 e. The summed E-state index contributed by atoms with van der Waals surface area (Å²) in [6.07, 6.45) is 2.35. The highest BCUT2D eigenvalue weighted by Crippen LogP contribution is 2.47. The van der Waals surface area contributed by atoms with E-state index in [4.69, 9.17) is 4.74 Å². The standard InChI is InChI=1S/C25H22F3N3O3/c1-25(2,33)20-8-7-13(11-29-20)16-12-31-21(10-17(16)26)30-22-18(32)9-15(23(22)31)14-5-3-4-6-19(14)34-24(27)28/h3-8,10-12,15,18,24,32-33H,9H2,1-2H3/t15-,18-/m1/s1. The van der Waals surface area contributed by atoms with Gasteiger partial charge >= 0.3 is 6.61 Å². The van der Waals surface area contributed by atoms with Crippen molar-refractivity contribution in [2.24, 2.45) is 0 Å². The van der Waals surface area contributed by atoms with Crippen molar-refractivity contribution in [2.45, 2.75) is 44.5 Å². The average molecular weight is 469 g/mol. The van der Waals surface area contributed by atoms with Crippen molar-refractivity contribution in [3.05, 3.63) is 83.3 Å². The first-order valence-corrected chi connectivity index (χ1v) is 10.8. The van der Waals surface area contributed by atoms with Crippen LogP contribution in [0.4, 0.5) is 13.2 Å². The third kappa shape index (κ3) is 3.80. The third-order valence-electron chi connectivity index (χ3n) is 6.09. The molecule has 0 bridgehead atoms. The summed E-state index contributed by atoms with van der Waals surface area (Å²) < 4.78 is 47.4. The van der Waals surface area contributed by atoms with Gasteiger partial charge in [-0.1, -0.05) is 24.3 Å². The van der Waals surface area contributed by atoms with Crippen molar-refractivity contribution in [2.75, 3.05) is 0 Å². The topological polar surface area (TPSA) is 79.9 Å². The summed E-state index contributed by atoms with van der Waals surface area (Å²) in [5.41, 5.74) is 1.81. The van der Waals surface area contributed by atoms with Gasteiger partial charge in [0.25, 0.3) is 0 Å². The second kappa shape index (κ2) is 8.11. The van der Waals surface area contributed by atoms with E-state index < -0.39 is 30.1 Å². The number of para-hydroxylation sites is 1. The molecule has 0 fully saturated rings. The first-order valence-electron chi connectivity index (χ1n) is 10.8. The van der Waals surface area contributed by atoms with Crippen LogP contribution >= 0.6 is 0 Å². The number of ether oxygens (including phenoxy) is 1. The monoisotopic (exact) mass is 469 g/mol. The van der Waals surface area contributed by atoms with Gasteiger partial charge in [0, 0.05) is 41.1 Å². The third-order valence-corrected chi connectivity index (χ3v) is 6.09. The minimum atomic E-state index is -2.99. The van der Waals surface area contributed by atoms with E-state index in [0.717, 1.165) is 0 Å². The van der Waals surface area contributed by atoms with Gasteiger partial charge < -0.3 is 19.4 Å². The number of hydrogen-bond acceptors (Lipinski definition) is 5. The van der Waals surface area contributed by atoms with E-state index in [0.29, 0.717) is 33.9 Å². The number of alkyl halides is 2. The fourth-order valence-electron chi connectivity index (χ4n) is 4.51. The molecule has 0 radical (unpaired) electrons. The SMILES string of the molecule is CC(C)(O)c1ccc(-c2cn3c4c(nc3cc2F)[C@H](O)C[C@@H]4c2ccccc2OC(F)F)cn1. The number of hydrogen-bond donors (Lipinski definition) is 2. The molecular formula is C25H22F3N3O3. The Labute approximate surface area is 193 Å². The van der Waals surface area contributed by atoms with Gasteiger partial charge in [-0.3, -0.25) is 4.98 Å². The van der Waals surface area contributed by atoms with Crippen LogP contribution in [-0.2, 0) is 5.60 Å². The zero-order valence-electron chi connectivity index (χ0n) is 18.4. The molecule has 2 atom stereocenters. The second-order valence-corrected chi connectivity index (χ2v) is 8.86. The maximum Gasteiger partial charge on any atom is 0.387 e. The van der Waals surface area contributed by atoms with Crippen LogP contribution in [0.2, 0.25) is 0 Å². The van der Waals surface area contributed by atoms with Crippen LogP contribution in [0.15, 0.2) is 54.9 Å². The lowest BCUT2D eigenvalue weighted by molar-refractivity contribution is -0.0506. The molecule has 2 N–H and O–H groups in total. The lowest BCUT2D eigenvalue weighted by Gasteiger charge is -2.18. The Morgan fingerprint density at radius 1 is 1.18 bits per heavy atom. The molecule has 3 aromatic heterocycles. The van der Waals surface area contributed by atoms with E-state index in [1.54, 1.807) is 54.8 Å². The number of aromatic nitrogens is 3. The van der Waals surface area contributed by atoms with Crippen molar-refractivity contribution >= 4 is 5.65 Å². The summed E-state index contributed by atoms with van der Waals surface area (Å²) in [6, 6.07) is 11.0. The number of nitrogens with zero attached hydrogens (tertiary/aromatic N) is 3. The van der Waals surface area contributed by atoms with Gasteiger partial charge in [0.2, 0.25) is 0 Å². The molecule has 3 heterocycles. The molecule has 0 saturated heterocycles. The molecule has 0 saturated carbocycles. The summed E-state index contributed by atoms with van der Waals surface area (Å²) in [5, 5.41) is 20.8. The van der Waals surface area contributed by atoms with Gasteiger partial charge in [0.1, 0.15) is 22.8 Å². The van der Waals surface area contributed by atoms with E-state index >= 15 is 4.39 Å². The lowest BCUT2D eigenvalue weighted by Crippen LogP contribution is -2.17. The number of benzene rings is 1. The molecule has 1 aliphatic rings. The molecule has 9 heteroatoms. The average Bonchev–Trinajstić information content (AvgIpc) is 3.29. The van der Waals surface area contributed by atoms with Crippen LogP contribution in [0.1, 0.15) is 54.9 Å². The van der Waals surface area contributed by atoms with Gasteiger partial charge in [-0.15, -0.1) is 0 Å². The Morgan fingerprint density at radius 3 is 2.62 bits per heavy atom. The second-order valence-electron chi connectivity index (χ2n) is 8.86. The lowest BCUT2D eigenvalue weighted by atomic mass is 9.95. The number of rotatable bonds is 5. The Morgan fingerprint density at radius 2 is 1.94 bits per heavy atom. The quantitative estimate of drug-likeness (QED) is 0.433. The predicted molar refractivity (Wildman–Crippen MR) is 118 cm³/mol. The van der Waals surface area contributed by atoms with Crippen molar-refractivity contribution < 1.29 is 28.1 Å². The predicted octanol–water partition coefficient (Wildman–Crippen LogP) is 4.93. The number of fused-ring (bicyclic) bond motifs is 3. The fourth-order valence-corrected chi connectivity index (χ4v) is 4.51. The first kappa shape index (κ1) is 22.4. The molecule has 176 valence electrons. The highest BCUT2D eigenvalue weighted by molar-refractivity contribution is 5.66. The zero-order valence-corrected chi connectivity index (χ0v) is 18.4. The van der Waals surface area contributed by atoms with Crippen molar-refractivity contribution in [1.29, 1.82) is 0 Å². The normalized spacial score (nSPS) is 18.0. The van der Waals surface area contributed by atoms with Gasteiger partial charge in [-0.2, -0.15) is 8.78 Å². The molecule has 0 aliphatic heterocycles. The minimum absolute atomic E-state index is 0.0197. The van der Waals surface area contributed by atoms with E-state index in [-0.39, 0.29) is 17.7 Å². The maximum atomic E-state index is 15.0. The maximum absolute atomic E-state index is 15.0. The highest BCUT2D eigenvalue weighted by Gasteiger charge is 2.37. The molecule has 6 nitrogen and oxygen atoms in total. The van der Waals surface area contributed by atoms with E-state index in [2.05, 4.69) is 9.97 Å². The summed E-state index contributed by atoms with van der Waals surface area (Å²) in [4.78, 5) is 8.67. The Balaban J connectivity index is 1.64. The Bertz CT molecular complexity index is 1360. The van der Waals surface area contributed by atoms with E-state index in [1.165, 1.54) is 18.3 Å². The Kier molecular flexibility index (Phi) is 5.33. The summed E-state index contributed by atoms with van der Waals surface area (Å²) in [5.74, 6) is -0.989. The number of halogens is 3. The van der Waals surface area contributed by atoms with E-state index in [9.17, 15) is 19.0 Å². The number of pyridine rings is 2. The fraction of sp³-hybridized carbons (Fsp3) is 0.280. The molecular weight excluding hydrogens is 447 g/mol. The van der Waals surface area contributed by atoms with Crippen LogP contribution in [0, 0.1) is 5.82 Å². The van der Waals surface area contributed by atoms with Crippen LogP contribution in [0.25, 0.3) is 16.8 Å². The van der Waals surface area contributed by atoms with Crippen LogP contribution < -0.4 is 4.74 Å². The van der Waals surface area contributed by atoms with Crippen molar-refractivity contribution in [3.63, 3.8) is 0 Å². The van der Waals surface area contributed by atoms with Crippen molar-refractivity contribution in [1.82, 2.24) is 14.4 Å². The van der Waals surface area contributed by atoms with Gasteiger partial charge in [-0.25, -0.2) is 9.37 Å². The number of aliphatic hydroxyl groups excluding tert-OH is 1. The molecule has 4 aromatic rings. The van der Waals surface area contributed by atoms with Gasteiger partial charge in [0.05, 0.1) is 23.2 Å². The molecule has 1 aliphatic carbocycles. The number of aliphatic hydroxyl groups is 2. The molecule has 1 aromatic carbocycles. The van der Waals surface area contributed by atoms with Crippen molar-refractivity contribution in [3.8, 4) is 16.9 Å². The Hall–Kier alpha value is -3.43. The molecule has 0 unspecified atom stereocenters. The van der Waals surface area contributed by atoms with Crippen LogP contribution in [0.3, 0.4) is 0 Å². The summed E-state index contributed by atoms with van der Waals surface area (Å²) in [7, 11) is 0. The van der Waals surface area contributed by atoms with E-state index in [1.807, 2.05) is 0 Å². The molecule has 5 rings (SSSR count). The van der Waals surface area contributed by atoms with Gasteiger partial charge in [-0.05, 0) is 32.4 Å². The largest absolute Gasteiger partial charge is 0.435 e. The zero-order chi connectivity index (χ0) is 24.2. The molecule has 34 heavy (non-hydrogen) atoms. The van der Waals surface area contributed by atoms with Crippen LogP contribution in [0.5, 0.6) is 5.75 Å². The molecule has 0 spiro atoms. The summed E-state index contributed by atoms with van der Waals surface area (Å²) >= 11 is 0. The number of imidazole rings is 1.